The van der Waals surface area contributed by atoms with Crippen LogP contribution in [0.5, 0.6) is 0 Å². The van der Waals surface area contributed by atoms with Gasteiger partial charge in [0.15, 0.2) is 0 Å². The molecule has 0 aromatic carbocycles. The van der Waals surface area contributed by atoms with Crippen LogP contribution in [0.1, 0.15) is 48.9 Å². The summed E-state index contributed by atoms with van der Waals surface area (Å²) >= 11 is 0. The number of aromatic nitrogens is 2. The highest BCUT2D eigenvalue weighted by atomic mass is 16.5. The van der Waals surface area contributed by atoms with Gasteiger partial charge in [0.1, 0.15) is 17.7 Å². The second-order valence-electron chi connectivity index (χ2n) is 8.61. The van der Waals surface area contributed by atoms with E-state index < -0.39 is 0 Å². The summed E-state index contributed by atoms with van der Waals surface area (Å²) in [5, 5.41) is 13.3. The average Bonchev–Trinajstić information content (AvgIpc) is 3.67. The molecule has 33 heavy (non-hydrogen) atoms. The lowest BCUT2D eigenvalue weighted by molar-refractivity contribution is -0.134. The lowest BCUT2D eigenvalue weighted by atomic mass is 10.1. The number of nitriles is 1. The van der Waals surface area contributed by atoms with Crippen LogP contribution in [0.2, 0.25) is 0 Å². The van der Waals surface area contributed by atoms with Crippen LogP contribution in [0.15, 0.2) is 31.0 Å². The van der Waals surface area contributed by atoms with Gasteiger partial charge in [0, 0.05) is 44.9 Å². The highest BCUT2D eigenvalue weighted by molar-refractivity contribution is 5.77. The van der Waals surface area contributed by atoms with Gasteiger partial charge in [0.25, 0.3) is 0 Å². The molecule has 1 amide bonds. The minimum absolute atomic E-state index is 0.0319. The van der Waals surface area contributed by atoms with Crippen molar-refractivity contribution in [1.82, 2.24) is 14.9 Å². The second kappa shape index (κ2) is 10.0. The number of anilines is 3. The molecule has 4 rings (SSSR count). The van der Waals surface area contributed by atoms with E-state index in [1.54, 1.807) is 19.4 Å². The van der Waals surface area contributed by atoms with Crippen molar-refractivity contribution in [1.29, 1.82) is 5.26 Å². The third-order valence-electron chi connectivity index (χ3n) is 6.17. The van der Waals surface area contributed by atoms with Gasteiger partial charge < -0.3 is 19.9 Å². The summed E-state index contributed by atoms with van der Waals surface area (Å²) in [7, 11) is 1.60. The fourth-order valence-corrected chi connectivity index (χ4v) is 4.24. The molecular formula is C25H30N6O2. The summed E-state index contributed by atoms with van der Waals surface area (Å²) in [5.41, 5.74) is 3.29. The van der Waals surface area contributed by atoms with Gasteiger partial charge in [-0.05, 0) is 43.5 Å². The molecule has 2 aliphatic rings. The van der Waals surface area contributed by atoms with Crippen LogP contribution in [0.4, 0.5) is 17.3 Å². The van der Waals surface area contributed by atoms with E-state index in [9.17, 15) is 10.1 Å². The van der Waals surface area contributed by atoms with Crippen LogP contribution >= 0.6 is 0 Å². The Morgan fingerprint density at radius 3 is 2.88 bits per heavy atom. The topological polar surface area (TPSA) is 94.4 Å². The van der Waals surface area contributed by atoms with Gasteiger partial charge in [-0.25, -0.2) is 9.97 Å². The van der Waals surface area contributed by atoms with E-state index in [2.05, 4.69) is 27.8 Å². The van der Waals surface area contributed by atoms with E-state index in [1.165, 1.54) is 0 Å². The summed E-state index contributed by atoms with van der Waals surface area (Å²) in [4.78, 5) is 25.9. The summed E-state index contributed by atoms with van der Waals surface area (Å²) in [6, 6.07) is 8.06. The van der Waals surface area contributed by atoms with Gasteiger partial charge in [0.2, 0.25) is 5.91 Å². The zero-order chi connectivity index (χ0) is 23.4. The fourth-order valence-electron chi connectivity index (χ4n) is 4.24. The Morgan fingerprint density at radius 2 is 2.21 bits per heavy atom. The number of ether oxygens (including phenoxy) is 1. The molecule has 1 saturated heterocycles. The molecule has 172 valence electrons. The predicted octanol–water partition coefficient (Wildman–Crippen LogP) is 3.69. The first-order valence-corrected chi connectivity index (χ1v) is 11.4. The Balaban J connectivity index is 1.58. The van der Waals surface area contributed by atoms with Crippen molar-refractivity contribution < 1.29 is 9.53 Å². The van der Waals surface area contributed by atoms with E-state index in [0.717, 1.165) is 29.8 Å². The number of carbonyl (C=O) groups is 1. The number of nitrogens with one attached hydrogen (secondary N) is 1. The quantitative estimate of drug-likeness (QED) is 0.661. The largest absolute Gasteiger partial charge is 0.384 e. The maximum absolute atomic E-state index is 12.5. The van der Waals surface area contributed by atoms with Crippen molar-refractivity contribution in [2.75, 3.05) is 43.6 Å². The Bertz CT molecular complexity index is 1080. The maximum Gasteiger partial charge on any atom is 0.225 e. The first kappa shape index (κ1) is 22.7. The van der Waals surface area contributed by atoms with Crippen molar-refractivity contribution in [3.63, 3.8) is 0 Å². The van der Waals surface area contributed by atoms with Gasteiger partial charge >= 0.3 is 0 Å². The van der Waals surface area contributed by atoms with Crippen molar-refractivity contribution in [2.24, 2.45) is 0 Å². The molecule has 1 aliphatic heterocycles. The van der Waals surface area contributed by atoms with Crippen molar-refractivity contribution in [3.8, 4) is 6.07 Å². The molecule has 0 radical (unpaired) electrons. The van der Waals surface area contributed by atoms with E-state index in [1.807, 2.05) is 30.0 Å². The number of amides is 1. The number of rotatable bonds is 8. The average molecular weight is 447 g/mol. The summed E-state index contributed by atoms with van der Waals surface area (Å²) < 4.78 is 5.05. The highest BCUT2D eigenvalue weighted by Gasteiger charge is 2.33. The summed E-state index contributed by atoms with van der Waals surface area (Å²) in [5.74, 6) is 1.89. The number of piperazine rings is 1. The van der Waals surface area contributed by atoms with Gasteiger partial charge in [-0.15, -0.1) is 0 Å². The normalized spacial score (nSPS) is 18.0. The van der Waals surface area contributed by atoms with E-state index in [-0.39, 0.29) is 11.9 Å². The van der Waals surface area contributed by atoms with Gasteiger partial charge in [-0.1, -0.05) is 12.7 Å². The van der Waals surface area contributed by atoms with Crippen molar-refractivity contribution in [3.05, 3.63) is 47.8 Å². The first-order valence-electron chi connectivity index (χ1n) is 11.4. The van der Waals surface area contributed by atoms with Crippen LogP contribution in [0.25, 0.3) is 6.08 Å². The fraction of sp³-hybridized carbons (Fsp3) is 0.440. The minimum Gasteiger partial charge on any atom is -0.384 e. The molecule has 8 nitrogen and oxygen atoms in total. The third-order valence-corrected chi connectivity index (χ3v) is 6.17. The standard InChI is InChI=1S/C25H30N6O2/c1-4-18-7-9-27-22(13-18)28-21-14-20(15-26)25(29-24(21)19-5-6-19)30-10-11-31(17(2)16-30)23(32)8-12-33-3/h4,7,9,13-14,17,19H,1,5-6,8,10-12,16H2,2-3H3,(H,27,28). The number of methoxy groups -OCH3 is 1. The molecule has 0 spiro atoms. The van der Waals surface area contributed by atoms with Crippen LogP contribution < -0.4 is 10.2 Å². The first-order chi connectivity index (χ1) is 16.0. The maximum atomic E-state index is 12.5. The molecule has 1 N–H and O–H groups in total. The summed E-state index contributed by atoms with van der Waals surface area (Å²) in [6.45, 7) is 8.17. The molecule has 1 aliphatic carbocycles. The molecule has 1 atom stereocenters. The van der Waals surface area contributed by atoms with Gasteiger partial charge in [-0.3, -0.25) is 4.79 Å². The molecule has 8 heteroatoms. The lowest BCUT2D eigenvalue weighted by Crippen LogP contribution is -2.54. The summed E-state index contributed by atoms with van der Waals surface area (Å²) in [6.07, 6.45) is 6.07. The lowest BCUT2D eigenvalue weighted by Gasteiger charge is -2.41. The number of hydrogen-bond donors (Lipinski definition) is 1. The monoisotopic (exact) mass is 446 g/mol. The zero-order valence-electron chi connectivity index (χ0n) is 19.3. The number of carbonyl (C=O) groups excluding carboxylic acids is 1. The second-order valence-corrected chi connectivity index (χ2v) is 8.61. The predicted molar refractivity (Wildman–Crippen MR) is 128 cm³/mol. The van der Waals surface area contributed by atoms with Crippen LogP contribution in [-0.2, 0) is 9.53 Å². The molecule has 2 fully saturated rings. The van der Waals surface area contributed by atoms with Gasteiger partial charge in [0.05, 0.1) is 30.0 Å². The van der Waals surface area contributed by atoms with E-state index in [0.29, 0.717) is 55.8 Å². The van der Waals surface area contributed by atoms with Gasteiger partial charge in [-0.2, -0.15) is 5.26 Å². The third kappa shape index (κ3) is 5.15. The molecule has 1 saturated carbocycles. The van der Waals surface area contributed by atoms with E-state index in [4.69, 9.17) is 9.72 Å². The van der Waals surface area contributed by atoms with Crippen LogP contribution in [0, 0.1) is 11.3 Å². The van der Waals surface area contributed by atoms with Crippen molar-refractivity contribution >= 4 is 29.3 Å². The number of hydrogen-bond acceptors (Lipinski definition) is 7. The van der Waals surface area contributed by atoms with Crippen LogP contribution in [0.3, 0.4) is 0 Å². The molecule has 0 bridgehead atoms. The minimum atomic E-state index is 0.0319. The Morgan fingerprint density at radius 1 is 1.39 bits per heavy atom. The molecule has 2 aromatic rings. The molecule has 2 aromatic heterocycles. The van der Waals surface area contributed by atoms with E-state index >= 15 is 0 Å². The highest BCUT2D eigenvalue weighted by Crippen LogP contribution is 2.44. The SMILES string of the molecule is C=Cc1ccnc(Nc2cc(C#N)c(N3CCN(C(=O)CCOC)C(C)C3)nc2C2CC2)c1. The molecule has 1 unspecified atom stereocenters. The van der Waals surface area contributed by atoms with Crippen molar-refractivity contribution in [2.45, 2.75) is 38.1 Å². The Kier molecular flexibility index (Phi) is 6.90. The zero-order valence-corrected chi connectivity index (χ0v) is 19.3. The number of pyridine rings is 2. The smallest absolute Gasteiger partial charge is 0.225 e. The Labute approximate surface area is 194 Å². The van der Waals surface area contributed by atoms with Crippen LogP contribution in [-0.4, -0.2) is 60.2 Å². The molecular weight excluding hydrogens is 416 g/mol. The molecule has 3 heterocycles. The number of nitrogens with zero attached hydrogens (tertiary/aromatic N) is 5. The Hall–Kier alpha value is -3.44.